The maximum atomic E-state index is 4.76. The molecule has 0 N–H and O–H groups in total. The Kier molecular flexibility index (Phi) is 2.71. The zero-order valence-corrected chi connectivity index (χ0v) is 10.3. The van der Waals surface area contributed by atoms with Crippen molar-refractivity contribution in [3.8, 4) is 11.1 Å². The molecule has 1 aliphatic heterocycles. The molecule has 0 atom stereocenters. The van der Waals surface area contributed by atoms with Gasteiger partial charge >= 0.3 is 0 Å². The van der Waals surface area contributed by atoms with Crippen LogP contribution in [-0.2, 0) is 19.4 Å². The lowest BCUT2D eigenvalue weighted by molar-refractivity contribution is 0.484. The van der Waals surface area contributed by atoms with Crippen LogP contribution in [0.5, 0.6) is 0 Å². The van der Waals surface area contributed by atoms with E-state index in [1.54, 1.807) is 0 Å². The molecular weight excluding hydrogens is 208 g/mol. The van der Waals surface area contributed by atoms with Crippen LogP contribution in [0.2, 0.25) is 0 Å². The van der Waals surface area contributed by atoms with Crippen molar-refractivity contribution in [2.24, 2.45) is 0 Å². The molecule has 2 aromatic rings. The maximum absolute atomic E-state index is 4.76. The number of aryl methyl sites for hydroxylation is 2. The van der Waals surface area contributed by atoms with Gasteiger partial charge in [0.2, 0.25) is 0 Å². The van der Waals surface area contributed by atoms with Gasteiger partial charge in [0.1, 0.15) is 0 Å². The van der Waals surface area contributed by atoms with Gasteiger partial charge in [-0.3, -0.25) is 4.68 Å². The lowest BCUT2D eigenvalue weighted by atomic mass is 9.98. The van der Waals surface area contributed by atoms with E-state index in [0.29, 0.717) is 0 Å². The van der Waals surface area contributed by atoms with E-state index in [1.807, 2.05) is 0 Å². The molecule has 1 aromatic carbocycles. The molecule has 2 nitrogen and oxygen atoms in total. The summed E-state index contributed by atoms with van der Waals surface area (Å²) in [6.07, 6.45) is 4.77. The molecule has 3 rings (SSSR count). The molecule has 0 radical (unpaired) electrons. The molecule has 0 spiro atoms. The third kappa shape index (κ3) is 1.78. The molecule has 0 saturated carbocycles. The average molecular weight is 226 g/mol. The second-order valence-electron chi connectivity index (χ2n) is 4.67. The highest BCUT2D eigenvalue weighted by Gasteiger charge is 2.19. The Morgan fingerprint density at radius 3 is 2.76 bits per heavy atom. The maximum Gasteiger partial charge on any atom is 0.0703 e. The van der Waals surface area contributed by atoms with Crippen molar-refractivity contribution in [1.82, 2.24) is 9.78 Å². The predicted molar refractivity (Wildman–Crippen MR) is 70.0 cm³/mol. The average Bonchev–Trinajstić information content (AvgIpc) is 2.78. The van der Waals surface area contributed by atoms with Crippen molar-refractivity contribution >= 4 is 0 Å². The summed E-state index contributed by atoms with van der Waals surface area (Å²) in [5.74, 6) is 0. The summed E-state index contributed by atoms with van der Waals surface area (Å²) in [7, 11) is 0. The first-order valence-corrected chi connectivity index (χ1v) is 6.54. The van der Waals surface area contributed by atoms with Crippen LogP contribution in [0.15, 0.2) is 30.3 Å². The van der Waals surface area contributed by atoms with Gasteiger partial charge in [0.05, 0.1) is 5.69 Å². The first-order chi connectivity index (χ1) is 8.40. The third-order valence-electron chi connectivity index (χ3n) is 3.56. The van der Waals surface area contributed by atoms with Crippen LogP contribution in [0.4, 0.5) is 0 Å². The molecule has 0 aliphatic carbocycles. The number of aromatic nitrogens is 2. The zero-order chi connectivity index (χ0) is 11.7. The Hall–Kier alpha value is -1.57. The van der Waals surface area contributed by atoms with Gasteiger partial charge in [-0.2, -0.15) is 5.10 Å². The summed E-state index contributed by atoms with van der Waals surface area (Å²) in [4.78, 5) is 0. The number of rotatable bonds is 2. The molecule has 1 aliphatic rings. The molecule has 17 heavy (non-hydrogen) atoms. The minimum atomic E-state index is 1.02. The molecule has 2 heterocycles. The number of fused-ring (bicyclic) bond motifs is 1. The Labute approximate surface area is 102 Å². The summed E-state index contributed by atoms with van der Waals surface area (Å²) in [5.41, 5.74) is 5.42. The molecular formula is C15H18N2. The van der Waals surface area contributed by atoms with E-state index < -0.39 is 0 Å². The molecule has 88 valence electrons. The van der Waals surface area contributed by atoms with E-state index in [0.717, 1.165) is 13.0 Å². The Balaban J connectivity index is 2.17. The van der Waals surface area contributed by atoms with Crippen LogP contribution in [0.25, 0.3) is 11.1 Å². The lowest BCUT2D eigenvalue weighted by Gasteiger charge is -2.14. The van der Waals surface area contributed by atoms with Crippen LogP contribution >= 0.6 is 0 Å². The monoisotopic (exact) mass is 226 g/mol. The van der Waals surface area contributed by atoms with Gasteiger partial charge in [0, 0.05) is 17.8 Å². The smallest absolute Gasteiger partial charge is 0.0703 e. The number of benzene rings is 1. The highest BCUT2D eigenvalue weighted by molar-refractivity contribution is 5.69. The minimum Gasteiger partial charge on any atom is -0.269 e. The molecule has 2 heteroatoms. The molecule has 1 aromatic heterocycles. The van der Waals surface area contributed by atoms with E-state index in [4.69, 9.17) is 5.10 Å². The first kappa shape index (κ1) is 10.6. The molecule has 0 amide bonds. The highest BCUT2D eigenvalue weighted by atomic mass is 15.3. The van der Waals surface area contributed by atoms with E-state index in [2.05, 4.69) is 41.9 Å². The number of hydrogen-bond acceptors (Lipinski definition) is 1. The van der Waals surface area contributed by atoms with Crippen LogP contribution < -0.4 is 0 Å². The molecule has 0 bridgehead atoms. The summed E-state index contributed by atoms with van der Waals surface area (Å²) < 4.78 is 2.23. The van der Waals surface area contributed by atoms with Crippen LogP contribution in [0, 0.1) is 0 Å². The van der Waals surface area contributed by atoms with Crippen molar-refractivity contribution < 1.29 is 0 Å². The lowest BCUT2D eigenvalue weighted by Crippen LogP contribution is -2.11. The van der Waals surface area contributed by atoms with Crippen molar-refractivity contribution in [3.05, 3.63) is 41.7 Å². The minimum absolute atomic E-state index is 1.02. The van der Waals surface area contributed by atoms with Gasteiger partial charge in [0.15, 0.2) is 0 Å². The van der Waals surface area contributed by atoms with Crippen molar-refractivity contribution in [2.45, 2.75) is 39.2 Å². The Bertz CT molecular complexity index is 511. The van der Waals surface area contributed by atoms with Gasteiger partial charge in [-0.25, -0.2) is 0 Å². The zero-order valence-electron chi connectivity index (χ0n) is 10.3. The SMILES string of the molecule is CCc1nn2c(c1-c1ccccc1)CCCC2. The van der Waals surface area contributed by atoms with E-state index in [-0.39, 0.29) is 0 Å². The van der Waals surface area contributed by atoms with Crippen LogP contribution in [0.1, 0.15) is 31.2 Å². The second-order valence-corrected chi connectivity index (χ2v) is 4.67. The quantitative estimate of drug-likeness (QED) is 0.767. The fraction of sp³-hybridized carbons (Fsp3) is 0.400. The summed E-state index contributed by atoms with van der Waals surface area (Å²) in [6.45, 7) is 3.29. The van der Waals surface area contributed by atoms with E-state index >= 15 is 0 Å². The summed E-state index contributed by atoms with van der Waals surface area (Å²) in [6, 6.07) is 10.7. The van der Waals surface area contributed by atoms with Gasteiger partial charge in [-0.05, 0) is 31.2 Å². The third-order valence-corrected chi connectivity index (χ3v) is 3.56. The van der Waals surface area contributed by atoms with Gasteiger partial charge in [-0.15, -0.1) is 0 Å². The summed E-state index contributed by atoms with van der Waals surface area (Å²) in [5, 5.41) is 4.76. The number of nitrogens with zero attached hydrogens (tertiary/aromatic N) is 2. The van der Waals surface area contributed by atoms with Gasteiger partial charge in [-0.1, -0.05) is 37.3 Å². The normalized spacial score (nSPS) is 14.6. The number of hydrogen-bond donors (Lipinski definition) is 0. The van der Waals surface area contributed by atoms with Gasteiger partial charge in [0.25, 0.3) is 0 Å². The fourth-order valence-electron chi connectivity index (χ4n) is 2.73. The van der Waals surface area contributed by atoms with Crippen LogP contribution in [0.3, 0.4) is 0 Å². The van der Waals surface area contributed by atoms with Crippen molar-refractivity contribution in [3.63, 3.8) is 0 Å². The van der Waals surface area contributed by atoms with E-state index in [1.165, 1.54) is 41.8 Å². The Morgan fingerprint density at radius 1 is 1.18 bits per heavy atom. The molecule has 0 saturated heterocycles. The Morgan fingerprint density at radius 2 is 2.00 bits per heavy atom. The van der Waals surface area contributed by atoms with Crippen LogP contribution in [-0.4, -0.2) is 9.78 Å². The highest BCUT2D eigenvalue weighted by Crippen LogP contribution is 2.31. The standard InChI is InChI=1S/C15H18N2/c1-2-13-15(12-8-4-3-5-9-12)14-10-6-7-11-17(14)16-13/h3-5,8-9H,2,6-7,10-11H2,1H3. The second kappa shape index (κ2) is 4.36. The topological polar surface area (TPSA) is 17.8 Å². The molecule has 0 unspecified atom stereocenters. The van der Waals surface area contributed by atoms with Gasteiger partial charge < -0.3 is 0 Å². The first-order valence-electron chi connectivity index (χ1n) is 6.54. The van der Waals surface area contributed by atoms with E-state index in [9.17, 15) is 0 Å². The largest absolute Gasteiger partial charge is 0.269 e. The summed E-state index contributed by atoms with van der Waals surface area (Å²) >= 11 is 0. The molecule has 0 fully saturated rings. The fourth-order valence-corrected chi connectivity index (χ4v) is 2.73. The van der Waals surface area contributed by atoms with Crippen molar-refractivity contribution in [2.75, 3.05) is 0 Å². The van der Waals surface area contributed by atoms with Crippen molar-refractivity contribution in [1.29, 1.82) is 0 Å². The predicted octanol–water partition coefficient (Wildman–Crippen LogP) is 3.45.